The summed E-state index contributed by atoms with van der Waals surface area (Å²) in [6.45, 7) is 6.32. The normalized spacial score (nSPS) is 11.8. The van der Waals surface area contributed by atoms with Crippen LogP contribution in [0, 0.1) is 13.8 Å². The Morgan fingerprint density at radius 1 is 1.41 bits per heavy atom. The zero-order valence-corrected chi connectivity index (χ0v) is 14.1. The quantitative estimate of drug-likeness (QED) is 0.888. The molecule has 0 aliphatic heterocycles. The molecule has 0 saturated heterocycles. The second-order valence-electron chi connectivity index (χ2n) is 5.18. The molecular weight excluding hydrogens is 298 g/mol. The molecule has 0 radical (unpaired) electrons. The molecule has 1 unspecified atom stereocenters. The highest BCUT2D eigenvalue weighted by molar-refractivity contribution is 7.09. The number of carbonyl (C=O) groups excluding carboxylic acids is 1. The number of carbonyl (C=O) groups is 1. The summed E-state index contributed by atoms with van der Waals surface area (Å²) < 4.78 is 5.36. The van der Waals surface area contributed by atoms with Crippen LogP contribution >= 0.6 is 11.3 Å². The second kappa shape index (κ2) is 7.26. The Morgan fingerprint density at radius 2 is 2.18 bits per heavy atom. The predicted octanol–water partition coefficient (Wildman–Crippen LogP) is 3.33. The van der Waals surface area contributed by atoms with Crippen LogP contribution < -0.4 is 15.4 Å². The third kappa shape index (κ3) is 4.21. The summed E-state index contributed by atoms with van der Waals surface area (Å²) in [7, 11) is 1.63. The van der Waals surface area contributed by atoms with E-state index in [2.05, 4.69) is 15.6 Å². The number of thiazole rings is 1. The van der Waals surface area contributed by atoms with E-state index >= 15 is 0 Å². The third-order valence-electron chi connectivity index (χ3n) is 3.27. The van der Waals surface area contributed by atoms with Crippen LogP contribution in [0.2, 0.25) is 0 Å². The van der Waals surface area contributed by atoms with Gasteiger partial charge in [-0.05, 0) is 26.8 Å². The van der Waals surface area contributed by atoms with Gasteiger partial charge in [0.05, 0.1) is 19.7 Å². The lowest BCUT2D eigenvalue weighted by molar-refractivity contribution is 0.237. The zero-order chi connectivity index (χ0) is 16.1. The van der Waals surface area contributed by atoms with E-state index in [-0.39, 0.29) is 12.1 Å². The van der Waals surface area contributed by atoms with E-state index in [9.17, 15) is 4.79 Å². The molecule has 0 saturated carbocycles. The van der Waals surface area contributed by atoms with Crippen LogP contribution in [0.3, 0.4) is 0 Å². The molecular formula is C16H21N3O2S. The van der Waals surface area contributed by atoms with Crippen LogP contribution in [0.25, 0.3) is 0 Å². The van der Waals surface area contributed by atoms with Gasteiger partial charge in [-0.2, -0.15) is 0 Å². The molecule has 5 nitrogen and oxygen atoms in total. The van der Waals surface area contributed by atoms with E-state index < -0.39 is 0 Å². The Balaban J connectivity index is 1.94. The molecule has 0 spiro atoms. The Labute approximate surface area is 134 Å². The molecule has 1 atom stereocenters. The van der Waals surface area contributed by atoms with Crippen LogP contribution in [0.1, 0.15) is 34.8 Å². The number of nitrogens with zero attached hydrogens (tertiary/aromatic N) is 1. The average Bonchev–Trinajstić information content (AvgIpc) is 2.90. The first-order valence-corrected chi connectivity index (χ1v) is 7.97. The standard InChI is InChI=1S/C16H21N3O2S/c1-10-5-6-14(21-4)13(7-10)12(3)19-16(20)17-8-15-18-11(2)9-22-15/h5-7,9,12H,8H2,1-4H3,(H2,17,19,20). The lowest BCUT2D eigenvalue weighted by atomic mass is 10.0. The Kier molecular flexibility index (Phi) is 5.38. The van der Waals surface area contributed by atoms with E-state index in [0.29, 0.717) is 6.54 Å². The van der Waals surface area contributed by atoms with Gasteiger partial charge in [-0.15, -0.1) is 11.3 Å². The smallest absolute Gasteiger partial charge is 0.315 e. The minimum absolute atomic E-state index is 0.145. The van der Waals surface area contributed by atoms with Crippen molar-refractivity contribution in [3.8, 4) is 5.75 Å². The Bertz CT molecular complexity index is 655. The number of benzene rings is 1. The largest absolute Gasteiger partial charge is 0.496 e. The topological polar surface area (TPSA) is 63.2 Å². The summed E-state index contributed by atoms with van der Waals surface area (Å²) in [6.07, 6.45) is 0. The van der Waals surface area contributed by atoms with Crippen molar-refractivity contribution in [1.82, 2.24) is 15.6 Å². The van der Waals surface area contributed by atoms with Gasteiger partial charge in [0.2, 0.25) is 0 Å². The summed E-state index contributed by atoms with van der Waals surface area (Å²) in [5.41, 5.74) is 3.06. The maximum Gasteiger partial charge on any atom is 0.315 e. The minimum atomic E-state index is -0.219. The van der Waals surface area contributed by atoms with Crippen molar-refractivity contribution in [2.24, 2.45) is 0 Å². The molecule has 0 fully saturated rings. The van der Waals surface area contributed by atoms with Gasteiger partial charge in [-0.25, -0.2) is 9.78 Å². The Hall–Kier alpha value is -2.08. The van der Waals surface area contributed by atoms with Gasteiger partial charge in [-0.1, -0.05) is 17.7 Å². The average molecular weight is 319 g/mol. The van der Waals surface area contributed by atoms with Crippen molar-refractivity contribution in [2.75, 3.05) is 7.11 Å². The number of aromatic nitrogens is 1. The van der Waals surface area contributed by atoms with Crippen molar-refractivity contribution in [3.05, 3.63) is 45.4 Å². The van der Waals surface area contributed by atoms with Crippen molar-refractivity contribution in [2.45, 2.75) is 33.4 Å². The number of urea groups is 1. The van der Waals surface area contributed by atoms with Gasteiger partial charge < -0.3 is 15.4 Å². The minimum Gasteiger partial charge on any atom is -0.496 e. The van der Waals surface area contributed by atoms with Crippen molar-refractivity contribution < 1.29 is 9.53 Å². The molecule has 22 heavy (non-hydrogen) atoms. The number of hydrogen-bond acceptors (Lipinski definition) is 4. The number of aryl methyl sites for hydroxylation is 2. The molecule has 0 bridgehead atoms. The lowest BCUT2D eigenvalue weighted by Gasteiger charge is -2.18. The third-order valence-corrected chi connectivity index (χ3v) is 4.23. The molecule has 2 amide bonds. The predicted molar refractivity (Wildman–Crippen MR) is 88.4 cm³/mol. The van der Waals surface area contributed by atoms with E-state index in [0.717, 1.165) is 27.6 Å². The molecule has 1 aromatic heterocycles. The maximum atomic E-state index is 12.0. The van der Waals surface area contributed by atoms with Gasteiger partial charge in [0.1, 0.15) is 10.8 Å². The summed E-state index contributed by atoms with van der Waals surface area (Å²) in [6, 6.07) is 5.56. The zero-order valence-electron chi connectivity index (χ0n) is 13.3. The molecule has 118 valence electrons. The van der Waals surface area contributed by atoms with E-state index in [4.69, 9.17) is 4.74 Å². The lowest BCUT2D eigenvalue weighted by Crippen LogP contribution is -2.36. The molecule has 1 aromatic carbocycles. The van der Waals surface area contributed by atoms with Gasteiger partial charge in [0.25, 0.3) is 0 Å². The number of amides is 2. The van der Waals surface area contributed by atoms with Gasteiger partial charge in [0.15, 0.2) is 0 Å². The number of nitrogens with one attached hydrogen (secondary N) is 2. The first-order chi connectivity index (χ1) is 10.5. The maximum absolute atomic E-state index is 12.0. The number of rotatable bonds is 5. The monoisotopic (exact) mass is 319 g/mol. The van der Waals surface area contributed by atoms with Crippen LogP contribution in [0.4, 0.5) is 4.79 Å². The SMILES string of the molecule is COc1ccc(C)cc1C(C)NC(=O)NCc1nc(C)cs1. The summed E-state index contributed by atoms with van der Waals surface area (Å²) in [5.74, 6) is 0.772. The fraction of sp³-hybridized carbons (Fsp3) is 0.375. The van der Waals surface area contributed by atoms with Crippen LogP contribution in [-0.4, -0.2) is 18.1 Å². The van der Waals surface area contributed by atoms with Gasteiger partial charge in [-0.3, -0.25) is 0 Å². The molecule has 2 rings (SSSR count). The molecule has 2 aromatic rings. The van der Waals surface area contributed by atoms with Gasteiger partial charge >= 0.3 is 6.03 Å². The summed E-state index contributed by atoms with van der Waals surface area (Å²) in [4.78, 5) is 16.3. The molecule has 2 N–H and O–H groups in total. The van der Waals surface area contributed by atoms with Crippen LogP contribution in [0.5, 0.6) is 5.75 Å². The van der Waals surface area contributed by atoms with E-state index in [1.54, 1.807) is 18.4 Å². The Morgan fingerprint density at radius 3 is 2.82 bits per heavy atom. The highest BCUT2D eigenvalue weighted by atomic mass is 32.1. The summed E-state index contributed by atoms with van der Waals surface area (Å²) >= 11 is 1.54. The van der Waals surface area contributed by atoms with Crippen molar-refractivity contribution in [3.63, 3.8) is 0 Å². The first-order valence-electron chi connectivity index (χ1n) is 7.09. The van der Waals surface area contributed by atoms with E-state index in [1.807, 2.05) is 44.4 Å². The highest BCUT2D eigenvalue weighted by Crippen LogP contribution is 2.25. The number of methoxy groups -OCH3 is 1. The van der Waals surface area contributed by atoms with E-state index in [1.165, 1.54) is 0 Å². The molecule has 0 aliphatic rings. The fourth-order valence-corrected chi connectivity index (χ4v) is 2.87. The van der Waals surface area contributed by atoms with Crippen LogP contribution in [0.15, 0.2) is 23.6 Å². The first kappa shape index (κ1) is 16.3. The van der Waals surface area contributed by atoms with Crippen molar-refractivity contribution in [1.29, 1.82) is 0 Å². The van der Waals surface area contributed by atoms with Crippen molar-refractivity contribution >= 4 is 17.4 Å². The van der Waals surface area contributed by atoms with Gasteiger partial charge in [0, 0.05) is 16.6 Å². The highest BCUT2D eigenvalue weighted by Gasteiger charge is 2.14. The number of ether oxygens (including phenoxy) is 1. The molecule has 6 heteroatoms. The second-order valence-corrected chi connectivity index (χ2v) is 6.12. The molecule has 1 heterocycles. The fourth-order valence-electron chi connectivity index (χ4n) is 2.16. The van der Waals surface area contributed by atoms with Crippen LogP contribution in [-0.2, 0) is 6.54 Å². The molecule has 0 aliphatic carbocycles. The summed E-state index contributed by atoms with van der Waals surface area (Å²) in [5, 5.41) is 8.61. The number of hydrogen-bond donors (Lipinski definition) is 2.